The third kappa shape index (κ3) is 4.22. The fourth-order valence-corrected chi connectivity index (χ4v) is 1.33. The van der Waals surface area contributed by atoms with Gasteiger partial charge < -0.3 is 15.2 Å². The molecule has 1 aromatic carbocycles. The summed E-state index contributed by atoms with van der Waals surface area (Å²) < 4.78 is 4.75. The van der Waals surface area contributed by atoms with Crippen LogP contribution in [0.5, 0.6) is 0 Å². The number of carbonyl (C=O) groups excluding carboxylic acids is 1. The second-order valence-corrected chi connectivity index (χ2v) is 3.88. The number of thiol groups is 1. The molecule has 1 rings (SSSR count). The molecule has 0 saturated heterocycles. The van der Waals surface area contributed by atoms with Crippen molar-refractivity contribution in [2.45, 2.75) is 11.0 Å². The molecule has 1 unspecified atom stereocenters. The van der Waals surface area contributed by atoms with Crippen LogP contribution >= 0.6 is 12.6 Å². The highest BCUT2D eigenvalue weighted by Crippen LogP contribution is 2.07. The van der Waals surface area contributed by atoms with Gasteiger partial charge in [0.1, 0.15) is 0 Å². The van der Waals surface area contributed by atoms with Crippen LogP contribution in [-0.2, 0) is 4.74 Å². The zero-order valence-electron chi connectivity index (χ0n) is 9.01. The predicted molar refractivity (Wildman–Crippen MR) is 63.9 cm³/mol. The van der Waals surface area contributed by atoms with Gasteiger partial charge in [0.15, 0.2) is 0 Å². The van der Waals surface area contributed by atoms with Gasteiger partial charge in [0.2, 0.25) is 0 Å². The highest BCUT2D eigenvalue weighted by molar-refractivity contribution is 7.80. The predicted octanol–water partition coefficient (Wildman–Crippen LogP) is 0.712. The van der Waals surface area contributed by atoms with E-state index >= 15 is 0 Å². The summed E-state index contributed by atoms with van der Waals surface area (Å²) in [7, 11) is 1.50. The van der Waals surface area contributed by atoms with Gasteiger partial charge in [-0.15, -0.1) is 12.6 Å². The molecule has 0 heterocycles. The van der Waals surface area contributed by atoms with Crippen molar-refractivity contribution < 1.29 is 14.6 Å². The van der Waals surface area contributed by atoms with Crippen LogP contribution in [0.1, 0.15) is 10.4 Å². The Morgan fingerprint density at radius 1 is 1.50 bits per heavy atom. The summed E-state index contributed by atoms with van der Waals surface area (Å²) in [5.41, 5.74) is 0.544. The maximum absolute atomic E-state index is 11.6. The normalized spacial score (nSPS) is 12.2. The standard InChI is InChI=1S/C11H15NO3S/c1-15-7-9(13)6-12-11(14)8-2-4-10(16)5-3-8/h2-5,9,13,16H,6-7H2,1H3,(H,12,14). The summed E-state index contributed by atoms with van der Waals surface area (Å²) in [6, 6.07) is 6.84. The number of ether oxygens (including phenoxy) is 1. The first-order chi connectivity index (χ1) is 7.63. The van der Waals surface area contributed by atoms with Crippen LogP contribution in [0.2, 0.25) is 0 Å². The topological polar surface area (TPSA) is 58.6 Å². The molecular formula is C11H15NO3S. The average molecular weight is 241 g/mol. The minimum Gasteiger partial charge on any atom is -0.389 e. The van der Waals surface area contributed by atoms with Crippen LogP contribution in [0.3, 0.4) is 0 Å². The van der Waals surface area contributed by atoms with E-state index in [9.17, 15) is 9.90 Å². The van der Waals surface area contributed by atoms with Crippen molar-refractivity contribution in [2.75, 3.05) is 20.3 Å². The van der Waals surface area contributed by atoms with Crippen molar-refractivity contribution in [1.29, 1.82) is 0 Å². The van der Waals surface area contributed by atoms with Gasteiger partial charge in [-0.05, 0) is 24.3 Å². The zero-order valence-corrected chi connectivity index (χ0v) is 9.91. The summed E-state index contributed by atoms with van der Waals surface area (Å²) in [6.07, 6.45) is -0.682. The van der Waals surface area contributed by atoms with E-state index in [1.807, 2.05) is 0 Å². The molecule has 1 atom stereocenters. The number of hydrogen-bond donors (Lipinski definition) is 3. The van der Waals surface area contributed by atoms with Crippen LogP contribution in [0.15, 0.2) is 29.2 Å². The van der Waals surface area contributed by atoms with E-state index in [1.54, 1.807) is 24.3 Å². The fraction of sp³-hybridized carbons (Fsp3) is 0.364. The zero-order chi connectivity index (χ0) is 12.0. The average Bonchev–Trinajstić information content (AvgIpc) is 2.27. The molecule has 1 amide bonds. The number of aliphatic hydroxyl groups is 1. The Hall–Kier alpha value is -1.04. The lowest BCUT2D eigenvalue weighted by Crippen LogP contribution is -2.34. The number of nitrogens with one attached hydrogen (secondary N) is 1. The summed E-state index contributed by atoms with van der Waals surface area (Å²) in [4.78, 5) is 12.4. The molecule has 0 aliphatic rings. The third-order valence-electron chi connectivity index (χ3n) is 1.99. The number of hydrogen-bond acceptors (Lipinski definition) is 4. The molecular weight excluding hydrogens is 226 g/mol. The Morgan fingerprint density at radius 3 is 2.69 bits per heavy atom. The SMILES string of the molecule is COCC(O)CNC(=O)c1ccc(S)cc1. The van der Waals surface area contributed by atoms with Gasteiger partial charge >= 0.3 is 0 Å². The number of rotatable bonds is 5. The number of carbonyl (C=O) groups is 1. The Kier molecular flexibility index (Phi) is 5.31. The van der Waals surface area contributed by atoms with E-state index in [0.717, 1.165) is 4.90 Å². The quantitative estimate of drug-likeness (QED) is 0.666. The molecule has 88 valence electrons. The van der Waals surface area contributed by atoms with E-state index < -0.39 is 6.10 Å². The first-order valence-electron chi connectivity index (χ1n) is 4.87. The van der Waals surface area contributed by atoms with E-state index in [0.29, 0.717) is 5.56 Å². The summed E-state index contributed by atoms with van der Waals surface area (Å²) in [5.74, 6) is -0.219. The van der Waals surface area contributed by atoms with Crippen molar-refractivity contribution in [3.8, 4) is 0 Å². The maximum Gasteiger partial charge on any atom is 0.251 e. The monoisotopic (exact) mass is 241 g/mol. The number of methoxy groups -OCH3 is 1. The number of aliphatic hydroxyl groups excluding tert-OH is 1. The smallest absolute Gasteiger partial charge is 0.251 e. The van der Waals surface area contributed by atoms with Crippen molar-refractivity contribution in [3.63, 3.8) is 0 Å². The Morgan fingerprint density at radius 2 is 2.12 bits per heavy atom. The van der Waals surface area contributed by atoms with Gasteiger partial charge in [0, 0.05) is 24.1 Å². The van der Waals surface area contributed by atoms with E-state index in [1.165, 1.54) is 7.11 Å². The Balaban J connectivity index is 2.43. The lowest BCUT2D eigenvalue weighted by atomic mass is 10.2. The first-order valence-corrected chi connectivity index (χ1v) is 5.32. The first kappa shape index (κ1) is 13.0. The third-order valence-corrected chi connectivity index (χ3v) is 2.28. The minimum atomic E-state index is -0.682. The van der Waals surface area contributed by atoms with Gasteiger partial charge in [-0.3, -0.25) is 4.79 Å². The van der Waals surface area contributed by atoms with E-state index in [-0.39, 0.29) is 19.1 Å². The summed E-state index contributed by atoms with van der Waals surface area (Å²) >= 11 is 4.12. The highest BCUT2D eigenvalue weighted by atomic mass is 32.1. The molecule has 0 aliphatic carbocycles. The Bertz CT molecular complexity index is 340. The molecule has 0 aromatic heterocycles. The number of benzene rings is 1. The van der Waals surface area contributed by atoms with Gasteiger partial charge in [-0.25, -0.2) is 0 Å². The molecule has 5 heteroatoms. The van der Waals surface area contributed by atoms with Crippen molar-refractivity contribution >= 4 is 18.5 Å². The van der Waals surface area contributed by atoms with Crippen LogP contribution in [0.4, 0.5) is 0 Å². The van der Waals surface area contributed by atoms with Gasteiger partial charge in [0.05, 0.1) is 12.7 Å². The molecule has 16 heavy (non-hydrogen) atoms. The van der Waals surface area contributed by atoms with Crippen molar-refractivity contribution in [1.82, 2.24) is 5.32 Å². The van der Waals surface area contributed by atoms with E-state index in [4.69, 9.17) is 4.74 Å². The minimum absolute atomic E-state index is 0.176. The van der Waals surface area contributed by atoms with Gasteiger partial charge in [0.25, 0.3) is 5.91 Å². The molecule has 0 radical (unpaired) electrons. The van der Waals surface area contributed by atoms with Crippen molar-refractivity contribution in [2.24, 2.45) is 0 Å². The second kappa shape index (κ2) is 6.52. The van der Waals surface area contributed by atoms with Crippen molar-refractivity contribution in [3.05, 3.63) is 29.8 Å². The summed E-state index contributed by atoms with van der Waals surface area (Å²) in [6.45, 7) is 0.380. The molecule has 1 aromatic rings. The largest absolute Gasteiger partial charge is 0.389 e. The van der Waals surface area contributed by atoms with Gasteiger partial charge in [-0.1, -0.05) is 0 Å². The highest BCUT2D eigenvalue weighted by Gasteiger charge is 2.08. The van der Waals surface area contributed by atoms with Gasteiger partial charge in [-0.2, -0.15) is 0 Å². The number of amides is 1. The molecule has 0 fully saturated rings. The molecule has 0 aliphatic heterocycles. The fourth-order valence-electron chi connectivity index (χ4n) is 1.18. The molecule has 2 N–H and O–H groups in total. The second-order valence-electron chi connectivity index (χ2n) is 3.37. The van der Waals surface area contributed by atoms with Crippen LogP contribution in [0.25, 0.3) is 0 Å². The van der Waals surface area contributed by atoms with Crippen LogP contribution < -0.4 is 5.32 Å². The van der Waals surface area contributed by atoms with Crippen LogP contribution in [-0.4, -0.2) is 37.4 Å². The Labute approximate surface area is 100 Å². The lowest BCUT2D eigenvalue weighted by molar-refractivity contribution is 0.0610. The molecule has 0 saturated carbocycles. The summed E-state index contributed by atoms with van der Waals surface area (Å²) in [5, 5.41) is 11.9. The molecule has 0 spiro atoms. The van der Waals surface area contributed by atoms with Crippen LogP contribution in [0, 0.1) is 0 Å². The maximum atomic E-state index is 11.6. The molecule has 0 bridgehead atoms. The molecule has 4 nitrogen and oxygen atoms in total. The lowest BCUT2D eigenvalue weighted by Gasteiger charge is -2.10. The van der Waals surface area contributed by atoms with E-state index in [2.05, 4.69) is 17.9 Å².